The van der Waals surface area contributed by atoms with Crippen molar-refractivity contribution in [3.63, 3.8) is 0 Å². The molecule has 0 bridgehead atoms. The molecule has 112 valence electrons. The van der Waals surface area contributed by atoms with Gasteiger partial charge in [0.25, 0.3) is 0 Å². The molecule has 0 saturated carbocycles. The molecule has 7 nitrogen and oxygen atoms in total. The molecule has 0 spiro atoms. The summed E-state index contributed by atoms with van der Waals surface area (Å²) in [5.74, 6) is 0.457. The Morgan fingerprint density at radius 3 is 2.76 bits per heavy atom. The lowest BCUT2D eigenvalue weighted by molar-refractivity contribution is -0.124. The number of pyridine rings is 1. The molecule has 2 aromatic rings. The van der Waals surface area contributed by atoms with Gasteiger partial charge in [0.05, 0.1) is 6.10 Å². The summed E-state index contributed by atoms with van der Waals surface area (Å²) in [6.07, 6.45) is 4.70. The normalized spacial score (nSPS) is 12.2. The third-order valence-electron chi connectivity index (χ3n) is 2.83. The van der Waals surface area contributed by atoms with E-state index in [0.29, 0.717) is 12.4 Å². The Kier molecular flexibility index (Phi) is 4.86. The topological polar surface area (TPSA) is 81.9 Å². The number of carbonyl (C=O) groups is 1. The number of ether oxygens (including phenoxy) is 1. The fraction of sp³-hybridized carbons (Fsp3) is 0.429. The molecule has 1 unspecified atom stereocenters. The fourth-order valence-electron chi connectivity index (χ4n) is 1.70. The van der Waals surface area contributed by atoms with E-state index in [2.05, 4.69) is 20.4 Å². The third-order valence-corrected chi connectivity index (χ3v) is 2.83. The maximum atomic E-state index is 12.0. The predicted octanol–water partition coefficient (Wildman–Crippen LogP) is 1.34. The van der Waals surface area contributed by atoms with Crippen molar-refractivity contribution in [1.82, 2.24) is 25.1 Å². The van der Waals surface area contributed by atoms with Gasteiger partial charge in [-0.2, -0.15) is 5.10 Å². The first-order valence-electron chi connectivity index (χ1n) is 6.79. The third kappa shape index (κ3) is 4.27. The van der Waals surface area contributed by atoms with Crippen LogP contribution < -0.4 is 10.1 Å². The highest BCUT2D eigenvalue weighted by atomic mass is 16.5. The molecule has 7 heteroatoms. The highest BCUT2D eigenvalue weighted by Crippen LogP contribution is 2.10. The molecule has 0 radical (unpaired) electrons. The molecule has 0 fully saturated rings. The summed E-state index contributed by atoms with van der Waals surface area (Å²) in [5, 5.41) is 6.79. The zero-order chi connectivity index (χ0) is 15.2. The Morgan fingerprint density at radius 2 is 2.19 bits per heavy atom. The van der Waals surface area contributed by atoms with Crippen LogP contribution in [0.3, 0.4) is 0 Å². The lowest BCUT2D eigenvalue weighted by Gasteiger charge is -2.12. The number of aromatic nitrogens is 4. The highest BCUT2D eigenvalue weighted by Gasteiger charge is 2.14. The molecule has 0 saturated heterocycles. The summed E-state index contributed by atoms with van der Waals surface area (Å²) >= 11 is 0. The second kappa shape index (κ2) is 6.83. The lowest BCUT2D eigenvalue weighted by Crippen LogP contribution is -2.30. The zero-order valence-corrected chi connectivity index (χ0v) is 12.4. The number of hydrogen-bond donors (Lipinski definition) is 1. The Labute approximate surface area is 123 Å². The number of carbonyl (C=O) groups excluding carboxylic acids is 1. The van der Waals surface area contributed by atoms with Crippen LogP contribution in [0.4, 0.5) is 0 Å². The molecule has 2 heterocycles. The second-order valence-corrected chi connectivity index (χ2v) is 4.94. The second-order valence-electron chi connectivity index (χ2n) is 4.94. The van der Waals surface area contributed by atoms with E-state index < -0.39 is 6.04 Å². The molecule has 0 aliphatic carbocycles. The van der Waals surface area contributed by atoms with Gasteiger partial charge in [-0.1, -0.05) is 6.07 Å². The summed E-state index contributed by atoms with van der Waals surface area (Å²) in [5.41, 5.74) is 0.908. The Hall–Kier alpha value is -2.44. The summed E-state index contributed by atoms with van der Waals surface area (Å²) < 4.78 is 6.97. The largest absolute Gasteiger partial charge is 0.475 e. The van der Waals surface area contributed by atoms with Crippen LogP contribution in [0.1, 0.15) is 32.4 Å². The van der Waals surface area contributed by atoms with Crippen molar-refractivity contribution in [1.29, 1.82) is 0 Å². The Morgan fingerprint density at radius 1 is 1.38 bits per heavy atom. The molecule has 0 aliphatic heterocycles. The van der Waals surface area contributed by atoms with E-state index in [9.17, 15) is 4.79 Å². The van der Waals surface area contributed by atoms with Gasteiger partial charge in [-0.05, 0) is 26.3 Å². The van der Waals surface area contributed by atoms with Gasteiger partial charge in [0.2, 0.25) is 11.8 Å². The van der Waals surface area contributed by atoms with Gasteiger partial charge in [-0.15, -0.1) is 0 Å². The van der Waals surface area contributed by atoms with Crippen molar-refractivity contribution in [2.24, 2.45) is 0 Å². The number of hydrogen-bond acceptors (Lipinski definition) is 5. The van der Waals surface area contributed by atoms with Crippen molar-refractivity contribution in [3.05, 3.63) is 36.5 Å². The minimum absolute atomic E-state index is 0.0894. The van der Waals surface area contributed by atoms with Crippen LogP contribution in [0, 0.1) is 0 Å². The monoisotopic (exact) mass is 289 g/mol. The minimum atomic E-state index is -0.399. The SMILES string of the molecule is CC(C)Oc1ccc(CNC(=O)C(C)n2cncn2)cn1. The standard InChI is InChI=1S/C14H19N5O2/c1-10(2)21-13-5-4-12(6-16-13)7-17-14(20)11(3)19-9-15-8-18-19/h4-6,8-11H,7H2,1-3H3,(H,17,20). The maximum absolute atomic E-state index is 12.0. The summed E-state index contributed by atoms with van der Waals surface area (Å²) in [6, 6.07) is 3.28. The molecule has 2 rings (SSSR count). The first kappa shape index (κ1) is 15.0. The van der Waals surface area contributed by atoms with Crippen LogP contribution in [-0.4, -0.2) is 31.8 Å². The summed E-state index contributed by atoms with van der Waals surface area (Å²) in [4.78, 5) is 20.0. The quantitative estimate of drug-likeness (QED) is 0.867. The number of rotatable bonds is 6. The number of amides is 1. The van der Waals surface area contributed by atoms with Gasteiger partial charge in [0.1, 0.15) is 18.7 Å². The smallest absolute Gasteiger partial charge is 0.244 e. The van der Waals surface area contributed by atoms with E-state index in [0.717, 1.165) is 5.56 Å². The van der Waals surface area contributed by atoms with Gasteiger partial charge in [-0.3, -0.25) is 4.79 Å². The van der Waals surface area contributed by atoms with Crippen LogP contribution in [0.5, 0.6) is 5.88 Å². The van der Waals surface area contributed by atoms with Gasteiger partial charge < -0.3 is 10.1 Å². The van der Waals surface area contributed by atoms with Gasteiger partial charge in [-0.25, -0.2) is 14.6 Å². The Balaban J connectivity index is 1.86. The molecule has 1 N–H and O–H groups in total. The lowest BCUT2D eigenvalue weighted by atomic mass is 10.2. The van der Waals surface area contributed by atoms with E-state index in [1.54, 1.807) is 19.2 Å². The van der Waals surface area contributed by atoms with Crippen LogP contribution in [0.25, 0.3) is 0 Å². The van der Waals surface area contributed by atoms with Crippen LogP contribution >= 0.6 is 0 Å². The molecule has 21 heavy (non-hydrogen) atoms. The van der Waals surface area contributed by atoms with E-state index in [1.165, 1.54) is 17.3 Å². The molecule has 2 aromatic heterocycles. The maximum Gasteiger partial charge on any atom is 0.244 e. The Bertz CT molecular complexity index is 566. The van der Waals surface area contributed by atoms with Crippen LogP contribution in [-0.2, 0) is 11.3 Å². The minimum Gasteiger partial charge on any atom is -0.475 e. The van der Waals surface area contributed by atoms with Crippen molar-refractivity contribution < 1.29 is 9.53 Å². The predicted molar refractivity (Wildman–Crippen MR) is 76.6 cm³/mol. The van der Waals surface area contributed by atoms with E-state index in [4.69, 9.17) is 4.74 Å². The average Bonchev–Trinajstić information content (AvgIpc) is 2.99. The molecular weight excluding hydrogens is 270 g/mol. The number of nitrogens with one attached hydrogen (secondary N) is 1. The molecular formula is C14H19N5O2. The number of nitrogens with zero attached hydrogens (tertiary/aromatic N) is 4. The van der Waals surface area contributed by atoms with E-state index in [1.807, 2.05) is 19.9 Å². The highest BCUT2D eigenvalue weighted by molar-refractivity contribution is 5.79. The van der Waals surface area contributed by atoms with Gasteiger partial charge in [0.15, 0.2) is 0 Å². The van der Waals surface area contributed by atoms with E-state index >= 15 is 0 Å². The van der Waals surface area contributed by atoms with Crippen LogP contribution in [0.15, 0.2) is 31.0 Å². The van der Waals surface area contributed by atoms with Crippen molar-refractivity contribution in [3.8, 4) is 5.88 Å². The molecule has 0 aromatic carbocycles. The van der Waals surface area contributed by atoms with E-state index in [-0.39, 0.29) is 12.0 Å². The molecule has 0 aliphatic rings. The van der Waals surface area contributed by atoms with Crippen molar-refractivity contribution in [2.75, 3.05) is 0 Å². The van der Waals surface area contributed by atoms with Crippen molar-refractivity contribution >= 4 is 5.91 Å². The fourth-order valence-corrected chi connectivity index (χ4v) is 1.70. The van der Waals surface area contributed by atoms with Gasteiger partial charge >= 0.3 is 0 Å². The van der Waals surface area contributed by atoms with Crippen molar-refractivity contribution in [2.45, 2.75) is 39.5 Å². The zero-order valence-electron chi connectivity index (χ0n) is 12.4. The first-order valence-corrected chi connectivity index (χ1v) is 6.79. The van der Waals surface area contributed by atoms with Crippen LogP contribution in [0.2, 0.25) is 0 Å². The first-order chi connectivity index (χ1) is 10.1. The van der Waals surface area contributed by atoms with Gasteiger partial charge in [0, 0.05) is 18.8 Å². The summed E-state index contributed by atoms with van der Waals surface area (Å²) in [7, 11) is 0. The average molecular weight is 289 g/mol. The molecule has 1 amide bonds. The molecule has 1 atom stereocenters. The summed E-state index contributed by atoms with van der Waals surface area (Å²) in [6.45, 7) is 6.07.